The van der Waals surface area contributed by atoms with Crippen LogP contribution in [0.4, 0.5) is 0 Å². The maximum Gasteiger partial charge on any atom is 0.340 e. The third kappa shape index (κ3) is 2.92. The van der Waals surface area contributed by atoms with E-state index in [1.54, 1.807) is 6.92 Å². The highest BCUT2D eigenvalue weighted by molar-refractivity contribution is 7.89. The summed E-state index contributed by atoms with van der Waals surface area (Å²) in [5.41, 5.74) is -0.244. The van der Waals surface area contributed by atoms with Gasteiger partial charge in [0.15, 0.2) is 0 Å². The average Bonchev–Trinajstić information content (AvgIpc) is 2.76. The molecule has 6 nitrogen and oxygen atoms in total. The Bertz CT molecular complexity index is 656. The molecule has 0 radical (unpaired) electrons. The molecule has 1 aliphatic rings. The summed E-state index contributed by atoms with van der Waals surface area (Å²) in [6, 6.07) is -0.0556. The summed E-state index contributed by atoms with van der Waals surface area (Å²) in [5, 5.41) is 9.35. The maximum atomic E-state index is 13.0. The van der Waals surface area contributed by atoms with Crippen molar-refractivity contribution in [2.45, 2.75) is 63.8 Å². The van der Waals surface area contributed by atoms with Crippen LogP contribution in [0.2, 0.25) is 0 Å². The number of carboxylic acid groups (broad SMARTS) is 1. The normalized spacial score (nSPS) is 17.1. The van der Waals surface area contributed by atoms with Crippen molar-refractivity contribution >= 4 is 16.0 Å². The molecule has 124 valence electrons. The molecule has 22 heavy (non-hydrogen) atoms. The van der Waals surface area contributed by atoms with E-state index in [0.717, 1.165) is 32.1 Å². The summed E-state index contributed by atoms with van der Waals surface area (Å²) in [6.45, 7) is 5.10. The predicted molar refractivity (Wildman–Crippen MR) is 81.6 cm³/mol. The van der Waals surface area contributed by atoms with E-state index < -0.39 is 16.0 Å². The number of carbonyl (C=O) groups is 1. The van der Waals surface area contributed by atoms with Crippen molar-refractivity contribution in [2.75, 3.05) is 6.54 Å². The molecule has 1 aromatic heterocycles. The van der Waals surface area contributed by atoms with Gasteiger partial charge in [-0.25, -0.2) is 13.2 Å². The van der Waals surface area contributed by atoms with E-state index in [9.17, 15) is 18.3 Å². The van der Waals surface area contributed by atoms with Gasteiger partial charge < -0.3 is 9.52 Å². The molecule has 0 bridgehead atoms. The standard InChI is InChI=1S/C15H23NO5S/c1-4-16(12-8-6-5-7-9-12)22(19,20)14-11(3)21-10(2)13(14)15(17)18/h12H,4-9H2,1-3H3,(H,17,18). The van der Waals surface area contributed by atoms with Gasteiger partial charge in [0.2, 0.25) is 10.0 Å². The molecular weight excluding hydrogens is 306 g/mol. The number of aromatic carboxylic acids is 1. The van der Waals surface area contributed by atoms with Crippen molar-refractivity contribution in [1.82, 2.24) is 4.31 Å². The van der Waals surface area contributed by atoms with Crippen LogP contribution >= 0.6 is 0 Å². The van der Waals surface area contributed by atoms with E-state index in [2.05, 4.69) is 0 Å². The summed E-state index contributed by atoms with van der Waals surface area (Å²) < 4.78 is 32.8. The molecule has 1 aromatic rings. The zero-order valence-corrected chi connectivity index (χ0v) is 14.1. The van der Waals surface area contributed by atoms with Gasteiger partial charge in [0.25, 0.3) is 0 Å². The van der Waals surface area contributed by atoms with E-state index in [0.29, 0.717) is 6.54 Å². The highest BCUT2D eigenvalue weighted by Crippen LogP contribution is 2.33. The number of sulfonamides is 1. The Morgan fingerprint density at radius 2 is 1.82 bits per heavy atom. The molecule has 0 aliphatic heterocycles. The van der Waals surface area contributed by atoms with E-state index in [4.69, 9.17) is 4.42 Å². The maximum absolute atomic E-state index is 13.0. The van der Waals surface area contributed by atoms with Crippen LogP contribution in [0.3, 0.4) is 0 Å². The van der Waals surface area contributed by atoms with Crippen LogP contribution in [0.5, 0.6) is 0 Å². The van der Waals surface area contributed by atoms with Gasteiger partial charge in [-0.3, -0.25) is 0 Å². The summed E-state index contributed by atoms with van der Waals surface area (Å²) in [4.78, 5) is 11.3. The van der Waals surface area contributed by atoms with Gasteiger partial charge in [0, 0.05) is 12.6 Å². The van der Waals surface area contributed by atoms with E-state index in [-0.39, 0.29) is 28.0 Å². The fourth-order valence-electron chi connectivity index (χ4n) is 3.33. The molecular formula is C15H23NO5S. The fraction of sp³-hybridized carbons (Fsp3) is 0.667. The van der Waals surface area contributed by atoms with Crippen LogP contribution in [-0.2, 0) is 10.0 Å². The third-order valence-corrected chi connectivity index (χ3v) is 6.46. The first-order valence-corrected chi connectivity index (χ1v) is 9.09. The minimum Gasteiger partial charge on any atom is -0.478 e. The molecule has 1 fully saturated rings. The third-order valence-electron chi connectivity index (χ3n) is 4.28. The van der Waals surface area contributed by atoms with Gasteiger partial charge in [-0.05, 0) is 26.7 Å². The molecule has 0 saturated heterocycles. The van der Waals surface area contributed by atoms with Gasteiger partial charge >= 0.3 is 5.97 Å². The predicted octanol–water partition coefficient (Wildman–Crippen LogP) is 2.94. The first-order chi connectivity index (χ1) is 10.3. The van der Waals surface area contributed by atoms with Crippen LogP contribution < -0.4 is 0 Å². The van der Waals surface area contributed by atoms with Crippen molar-refractivity contribution < 1.29 is 22.7 Å². The van der Waals surface area contributed by atoms with Crippen LogP contribution in [0.1, 0.15) is 60.9 Å². The molecule has 0 atom stereocenters. The van der Waals surface area contributed by atoms with Crippen molar-refractivity contribution in [3.8, 4) is 0 Å². The monoisotopic (exact) mass is 329 g/mol. The first-order valence-electron chi connectivity index (χ1n) is 7.65. The second-order valence-corrected chi connectivity index (χ2v) is 7.55. The number of nitrogens with zero attached hydrogens (tertiary/aromatic N) is 1. The molecule has 7 heteroatoms. The van der Waals surface area contributed by atoms with E-state index in [1.807, 2.05) is 0 Å². The summed E-state index contributed by atoms with van der Waals surface area (Å²) in [5.74, 6) is -1.000. The topological polar surface area (TPSA) is 87.8 Å². The SMILES string of the molecule is CCN(C1CCCCC1)S(=O)(=O)c1c(C)oc(C)c1C(=O)O. The lowest BCUT2D eigenvalue weighted by Crippen LogP contribution is -2.41. The number of furan rings is 1. The number of rotatable bonds is 5. The van der Waals surface area contributed by atoms with Crippen LogP contribution in [0.25, 0.3) is 0 Å². The zero-order valence-electron chi connectivity index (χ0n) is 13.3. The summed E-state index contributed by atoms with van der Waals surface area (Å²) in [6.07, 6.45) is 4.78. The molecule has 1 saturated carbocycles. The highest BCUT2D eigenvalue weighted by Gasteiger charge is 2.38. The lowest BCUT2D eigenvalue weighted by Gasteiger charge is -2.32. The summed E-state index contributed by atoms with van der Waals surface area (Å²) >= 11 is 0. The molecule has 0 spiro atoms. The zero-order chi connectivity index (χ0) is 16.5. The van der Waals surface area contributed by atoms with Crippen molar-refractivity contribution in [1.29, 1.82) is 0 Å². The van der Waals surface area contributed by atoms with Gasteiger partial charge in [0.1, 0.15) is 22.0 Å². The molecule has 2 rings (SSSR count). The Hall–Kier alpha value is -1.34. The first kappa shape index (κ1) is 17.0. The van der Waals surface area contributed by atoms with Gasteiger partial charge in [0.05, 0.1) is 0 Å². The molecule has 1 aliphatic carbocycles. The number of aryl methyl sites for hydroxylation is 2. The molecule has 1 N–H and O–H groups in total. The van der Waals surface area contributed by atoms with Crippen LogP contribution in [0.15, 0.2) is 9.31 Å². The quantitative estimate of drug-likeness (QED) is 0.897. The second-order valence-electron chi connectivity index (χ2n) is 5.72. The minimum atomic E-state index is -3.88. The number of hydrogen-bond acceptors (Lipinski definition) is 4. The van der Waals surface area contributed by atoms with Crippen molar-refractivity contribution in [2.24, 2.45) is 0 Å². The minimum absolute atomic E-state index is 0.0556. The van der Waals surface area contributed by atoms with Gasteiger partial charge in [-0.2, -0.15) is 4.31 Å². The van der Waals surface area contributed by atoms with E-state index in [1.165, 1.54) is 18.2 Å². The van der Waals surface area contributed by atoms with Crippen LogP contribution in [-0.4, -0.2) is 36.4 Å². The lowest BCUT2D eigenvalue weighted by atomic mass is 9.95. The molecule has 0 amide bonds. The van der Waals surface area contributed by atoms with Gasteiger partial charge in [-0.1, -0.05) is 26.2 Å². The summed E-state index contributed by atoms with van der Waals surface area (Å²) in [7, 11) is -3.88. The number of carboxylic acids is 1. The van der Waals surface area contributed by atoms with Crippen molar-refractivity contribution in [3.63, 3.8) is 0 Å². The van der Waals surface area contributed by atoms with Gasteiger partial charge in [-0.15, -0.1) is 0 Å². The Morgan fingerprint density at radius 3 is 2.32 bits per heavy atom. The Labute approximate surface area is 131 Å². The highest BCUT2D eigenvalue weighted by atomic mass is 32.2. The molecule has 0 aromatic carbocycles. The number of hydrogen-bond donors (Lipinski definition) is 1. The Kier molecular flexibility index (Phi) is 4.97. The average molecular weight is 329 g/mol. The fourth-order valence-corrected chi connectivity index (χ4v) is 5.40. The molecule has 0 unspecified atom stereocenters. The smallest absolute Gasteiger partial charge is 0.340 e. The Balaban J connectivity index is 2.51. The van der Waals surface area contributed by atoms with Crippen molar-refractivity contribution in [3.05, 3.63) is 17.1 Å². The largest absolute Gasteiger partial charge is 0.478 e. The second kappa shape index (κ2) is 6.42. The Morgan fingerprint density at radius 1 is 1.23 bits per heavy atom. The van der Waals surface area contributed by atoms with E-state index >= 15 is 0 Å². The lowest BCUT2D eigenvalue weighted by molar-refractivity contribution is 0.0691. The molecule has 1 heterocycles. The van der Waals surface area contributed by atoms with Crippen LogP contribution in [0, 0.1) is 13.8 Å².